The monoisotopic (exact) mass is 140 g/mol. The van der Waals surface area contributed by atoms with Gasteiger partial charge in [-0.1, -0.05) is 23.2 Å². The van der Waals surface area contributed by atoms with E-state index in [-0.39, 0.29) is 0 Å². The van der Waals surface area contributed by atoms with Crippen LogP contribution in [-0.4, -0.2) is 10.1 Å². The molecule has 3 heteroatoms. The van der Waals surface area contributed by atoms with Gasteiger partial charge < -0.3 is 4.74 Å². The third-order valence-electron chi connectivity index (χ3n) is 1.14. The van der Waals surface area contributed by atoms with E-state index in [0.29, 0.717) is 0 Å². The zero-order valence-electron chi connectivity index (χ0n) is 4.16. The van der Waals surface area contributed by atoms with Crippen molar-refractivity contribution in [2.45, 2.75) is 24.0 Å². The topological polar surface area (TPSA) is 12.5 Å². The van der Waals surface area contributed by atoms with Crippen LogP contribution in [0.15, 0.2) is 0 Å². The molecule has 1 aliphatic rings. The van der Waals surface area contributed by atoms with Crippen molar-refractivity contribution in [2.24, 2.45) is 0 Å². The Kier molecular flexibility index (Phi) is 0.887. The molecule has 2 atom stereocenters. The molecule has 0 amide bonds. The van der Waals surface area contributed by atoms with Crippen LogP contribution in [0.4, 0.5) is 0 Å². The van der Waals surface area contributed by atoms with Gasteiger partial charge in [-0.15, -0.1) is 0 Å². The Morgan fingerprint density at radius 1 is 1.14 bits per heavy atom. The molecule has 7 heavy (non-hydrogen) atoms. The van der Waals surface area contributed by atoms with E-state index in [1.807, 2.05) is 0 Å². The van der Waals surface area contributed by atoms with Crippen molar-refractivity contribution in [3.8, 4) is 0 Å². The first kappa shape index (κ1) is 5.67. The highest BCUT2D eigenvalue weighted by molar-refractivity contribution is 6.36. The SMILES string of the molecule is C[C@]1(Cl)O[C@]1(C)Cl. The quantitative estimate of drug-likeness (QED) is 0.371. The molecular weight excluding hydrogens is 135 g/mol. The van der Waals surface area contributed by atoms with Gasteiger partial charge in [-0.3, -0.25) is 0 Å². The number of ether oxygens (including phenoxy) is 1. The van der Waals surface area contributed by atoms with Gasteiger partial charge in [-0.25, -0.2) is 0 Å². The van der Waals surface area contributed by atoms with E-state index in [9.17, 15) is 0 Å². The molecule has 0 aromatic carbocycles. The molecule has 0 N–H and O–H groups in total. The molecule has 0 saturated carbocycles. The van der Waals surface area contributed by atoms with Crippen LogP contribution in [0.3, 0.4) is 0 Å². The largest absolute Gasteiger partial charge is 0.330 e. The summed E-state index contributed by atoms with van der Waals surface area (Å²) in [5.41, 5.74) is 0. The van der Waals surface area contributed by atoms with E-state index in [2.05, 4.69) is 0 Å². The van der Waals surface area contributed by atoms with Crippen LogP contribution in [-0.2, 0) is 4.74 Å². The number of rotatable bonds is 0. The zero-order chi connectivity index (χ0) is 5.71. The Hall–Kier alpha value is 0.540. The first-order chi connectivity index (χ1) is 2.96. The summed E-state index contributed by atoms with van der Waals surface area (Å²) in [6.45, 7) is 3.48. The Balaban J connectivity index is 2.59. The Bertz CT molecular complexity index is 85.9. The lowest BCUT2D eigenvalue weighted by Gasteiger charge is -1.90. The van der Waals surface area contributed by atoms with Crippen molar-refractivity contribution in [3.05, 3.63) is 0 Å². The van der Waals surface area contributed by atoms with Crippen molar-refractivity contribution in [1.82, 2.24) is 0 Å². The summed E-state index contributed by atoms with van der Waals surface area (Å²) >= 11 is 11.2. The highest BCUT2D eigenvalue weighted by Gasteiger charge is 2.62. The normalized spacial score (nSPS) is 60.0. The molecule has 0 aromatic rings. The second-order valence-corrected chi connectivity index (χ2v) is 3.38. The van der Waals surface area contributed by atoms with Gasteiger partial charge in [0.2, 0.25) is 0 Å². The second-order valence-electron chi connectivity index (χ2n) is 1.94. The molecule has 0 spiro atoms. The fraction of sp³-hybridized carbons (Fsp3) is 1.00. The maximum atomic E-state index is 5.58. The van der Waals surface area contributed by atoms with Gasteiger partial charge in [-0.05, 0) is 13.8 Å². The Morgan fingerprint density at radius 2 is 1.29 bits per heavy atom. The third kappa shape index (κ3) is 0.735. The van der Waals surface area contributed by atoms with Crippen molar-refractivity contribution in [1.29, 1.82) is 0 Å². The Labute approximate surface area is 52.5 Å². The second kappa shape index (κ2) is 1.09. The van der Waals surface area contributed by atoms with Gasteiger partial charge in [0.05, 0.1) is 0 Å². The van der Waals surface area contributed by atoms with Gasteiger partial charge >= 0.3 is 0 Å². The number of epoxide rings is 1. The molecule has 1 rings (SSSR count). The van der Waals surface area contributed by atoms with Crippen molar-refractivity contribution in [3.63, 3.8) is 0 Å². The van der Waals surface area contributed by atoms with E-state index < -0.39 is 10.1 Å². The number of alkyl halides is 2. The summed E-state index contributed by atoms with van der Waals surface area (Å²) in [6, 6.07) is 0. The molecule has 0 aliphatic carbocycles. The molecule has 1 heterocycles. The molecule has 0 aromatic heterocycles. The lowest BCUT2D eigenvalue weighted by molar-refractivity contribution is 0.353. The standard InChI is InChI=1S/C4H6Cl2O/c1-3(5)4(2,6)7-3/h1-2H3/t3-,4-/m0/s1. The van der Waals surface area contributed by atoms with E-state index in [4.69, 9.17) is 27.9 Å². The maximum absolute atomic E-state index is 5.58. The molecule has 1 nitrogen and oxygen atoms in total. The maximum Gasteiger partial charge on any atom is 0.183 e. The molecule has 42 valence electrons. The van der Waals surface area contributed by atoms with Crippen LogP contribution < -0.4 is 0 Å². The van der Waals surface area contributed by atoms with Crippen LogP contribution in [0.5, 0.6) is 0 Å². The zero-order valence-corrected chi connectivity index (χ0v) is 5.68. The van der Waals surface area contributed by atoms with Gasteiger partial charge in [0.25, 0.3) is 0 Å². The van der Waals surface area contributed by atoms with Crippen LogP contribution in [0, 0.1) is 0 Å². The van der Waals surface area contributed by atoms with E-state index in [1.54, 1.807) is 13.8 Å². The van der Waals surface area contributed by atoms with Crippen LogP contribution in [0.25, 0.3) is 0 Å². The highest BCUT2D eigenvalue weighted by Crippen LogP contribution is 2.53. The Morgan fingerprint density at radius 3 is 1.29 bits per heavy atom. The first-order valence-electron chi connectivity index (χ1n) is 2.04. The van der Waals surface area contributed by atoms with Crippen molar-refractivity contribution < 1.29 is 4.74 Å². The average molecular weight is 141 g/mol. The highest BCUT2D eigenvalue weighted by atomic mass is 35.5. The lowest BCUT2D eigenvalue weighted by Crippen LogP contribution is -2.03. The van der Waals surface area contributed by atoms with Gasteiger partial charge in [-0.2, -0.15) is 0 Å². The number of halogens is 2. The minimum absolute atomic E-state index is 0.617. The first-order valence-corrected chi connectivity index (χ1v) is 2.79. The van der Waals surface area contributed by atoms with Crippen LogP contribution in [0.1, 0.15) is 13.8 Å². The summed E-state index contributed by atoms with van der Waals surface area (Å²) in [6.07, 6.45) is 0. The molecular formula is C4H6Cl2O. The minimum atomic E-state index is -0.617. The summed E-state index contributed by atoms with van der Waals surface area (Å²) in [5.74, 6) is 0. The van der Waals surface area contributed by atoms with Gasteiger partial charge in [0, 0.05) is 0 Å². The summed E-state index contributed by atoms with van der Waals surface area (Å²) < 4.78 is 4.82. The molecule has 0 unspecified atom stereocenters. The molecule has 0 radical (unpaired) electrons. The molecule has 0 bridgehead atoms. The number of hydrogen-bond donors (Lipinski definition) is 0. The summed E-state index contributed by atoms with van der Waals surface area (Å²) in [4.78, 5) is 0. The smallest absolute Gasteiger partial charge is 0.183 e. The predicted molar refractivity (Wildman–Crippen MR) is 29.6 cm³/mol. The van der Waals surface area contributed by atoms with Crippen molar-refractivity contribution >= 4 is 23.2 Å². The van der Waals surface area contributed by atoms with E-state index >= 15 is 0 Å². The van der Waals surface area contributed by atoms with Crippen LogP contribution in [0.2, 0.25) is 0 Å². The molecule has 1 saturated heterocycles. The van der Waals surface area contributed by atoms with E-state index in [0.717, 1.165) is 0 Å². The average Bonchev–Trinajstić information content (AvgIpc) is 1.63. The fourth-order valence-electron chi connectivity index (χ4n) is 0.334. The fourth-order valence-corrected chi connectivity index (χ4v) is 0.683. The number of hydrogen-bond acceptors (Lipinski definition) is 1. The molecule has 1 fully saturated rings. The van der Waals surface area contributed by atoms with Crippen molar-refractivity contribution in [2.75, 3.05) is 0 Å². The predicted octanol–water partition coefficient (Wildman–Crippen LogP) is 1.93. The minimum Gasteiger partial charge on any atom is -0.330 e. The summed E-state index contributed by atoms with van der Waals surface area (Å²) in [5, 5.41) is -1.23. The third-order valence-corrected chi connectivity index (χ3v) is 2.11. The summed E-state index contributed by atoms with van der Waals surface area (Å²) in [7, 11) is 0. The van der Waals surface area contributed by atoms with Gasteiger partial charge in [0.1, 0.15) is 0 Å². The molecule has 1 aliphatic heterocycles. The lowest BCUT2D eigenvalue weighted by atomic mass is 10.4. The van der Waals surface area contributed by atoms with Gasteiger partial charge in [0.15, 0.2) is 10.1 Å². The van der Waals surface area contributed by atoms with E-state index in [1.165, 1.54) is 0 Å². The van der Waals surface area contributed by atoms with Crippen LogP contribution >= 0.6 is 23.2 Å².